The topological polar surface area (TPSA) is 99.7 Å². The highest BCUT2D eigenvalue weighted by Crippen LogP contribution is 2.32. The van der Waals surface area contributed by atoms with Crippen LogP contribution in [0.15, 0.2) is 65.5 Å². The van der Waals surface area contributed by atoms with E-state index in [1.165, 1.54) is 6.08 Å². The van der Waals surface area contributed by atoms with E-state index in [1.807, 2.05) is 12.1 Å². The van der Waals surface area contributed by atoms with Crippen LogP contribution in [0.2, 0.25) is 0 Å². The molecule has 1 saturated carbocycles. The minimum atomic E-state index is -4.68. The number of carbonyl (C=O) groups excluding carboxylic acids is 1. The fraction of sp³-hybridized carbons (Fsp3) is 0.407. The fourth-order valence-electron chi connectivity index (χ4n) is 4.13. The Balaban J connectivity index is 1.56. The molecule has 1 amide bonds. The zero-order valence-electron chi connectivity index (χ0n) is 21.4. The third-order valence-electron chi connectivity index (χ3n) is 6.37. The van der Waals surface area contributed by atoms with Crippen LogP contribution in [0.3, 0.4) is 0 Å². The molecule has 1 aromatic rings. The molecule has 7 nitrogen and oxygen atoms in total. The number of hydrogen-bond acceptors (Lipinski definition) is 5. The van der Waals surface area contributed by atoms with E-state index < -0.39 is 54.1 Å². The Morgan fingerprint density at radius 1 is 1.18 bits per heavy atom. The van der Waals surface area contributed by atoms with Crippen LogP contribution < -0.4 is 20.7 Å². The Hall–Kier alpha value is -3.90. The number of nitrogens with one attached hydrogen (secondary N) is 3. The van der Waals surface area contributed by atoms with Gasteiger partial charge in [-0.15, -0.1) is 0 Å². The average molecular weight is 574 g/mol. The second kappa shape index (κ2) is 13.0. The van der Waals surface area contributed by atoms with Crippen LogP contribution >= 0.6 is 0 Å². The summed E-state index contributed by atoms with van der Waals surface area (Å²) in [6.45, 7) is 0.208. The maximum atomic E-state index is 13.3. The molecule has 218 valence electrons. The van der Waals surface area contributed by atoms with Crippen molar-refractivity contribution in [3.05, 3.63) is 71.1 Å². The lowest BCUT2D eigenvalue weighted by molar-refractivity contribution is -0.162. The van der Waals surface area contributed by atoms with Crippen LogP contribution in [0.1, 0.15) is 38.2 Å². The number of amides is 1. The number of benzene rings is 1. The van der Waals surface area contributed by atoms with Crippen molar-refractivity contribution in [1.82, 2.24) is 16.0 Å². The standard InChI is InChI=1S/C27H29F6N3O4/c1-16(26(28,29)30)22(14-34-15-24(37)38)25(39)36-20-8-5-17(6-9-20)11-18-3-2-4-21(12-18)40-23-10-7-19(13-35-23)27(31,32)33/h2-4,7,10-14,16,20,23,34-35H,5-6,8-9,15H2,1H3,(H,36,39)(H,37,38)/b17-11?,22-14+. The van der Waals surface area contributed by atoms with Crippen molar-refractivity contribution in [3.63, 3.8) is 0 Å². The predicted octanol–water partition coefficient (Wildman–Crippen LogP) is 5.20. The van der Waals surface area contributed by atoms with Crippen molar-refractivity contribution < 1.29 is 45.8 Å². The summed E-state index contributed by atoms with van der Waals surface area (Å²) in [4.78, 5) is 23.3. The van der Waals surface area contributed by atoms with Gasteiger partial charge in [-0.2, -0.15) is 26.3 Å². The number of hydrogen-bond donors (Lipinski definition) is 4. The van der Waals surface area contributed by atoms with Crippen molar-refractivity contribution in [1.29, 1.82) is 0 Å². The molecular formula is C27H29F6N3O4. The second-order valence-corrected chi connectivity index (χ2v) is 9.42. The molecule has 2 atom stereocenters. The van der Waals surface area contributed by atoms with E-state index >= 15 is 0 Å². The SMILES string of the molecule is CC(/C(=C\NCC(=O)O)C(=O)NC1CCC(=Cc2cccc(OC3C=CC(C(F)(F)F)=CN3)c2)CC1)C(F)(F)F. The molecule has 1 aromatic carbocycles. The van der Waals surface area contributed by atoms with E-state index in [2.05, 4.69) is 16.0 Å². The van der Waals surface area contributed by atoms with Crippen LogP contribution in [0.5, 0.6) is 5.75 Å². The maximum absolute atomic E-state index is 13.3. The van der Waals surface area contributed by atoms with Gasteiger partial charge in [-0.1, -0.05) is 23.8 Å². The second-order valence-electron chi connectivity index (χ2n) is 9.42. The van der Waals surface area contributed by atoms with E-state index in [-0.39, 0.29) is 6.04 Å². The lowest BCUT2D eigenvalue weighted by Crippen LogP contribution is -2.41. The first-order chi connectivity index (χ1) is 18.7. The monoisotopic (exact) mass is 573 g/mol. The molecule has 40 heavy (non-hydrogen) atoms. The number of aliphatic carboxylic acids is 1. The van der Waals surface area contributed by atoms with Gasteiger partial charge in [0.1, 0.15) is 12.3 Å². The number of ether oxygens (including phenoxy) is 1. The molecule has 0 radical (unpaired) electrons. The molecule has 1 fully saturated rings. The zero-order chi connectivity index (χ0) is 29.5. The molecule has 0 spiro atoms. The van der Waals surface area contributed by atoms with Gasteiger partial charge < -0.3 is 25.8 Å². The van der Waals surface area contributed by atoms with Crippen molar-refractivity contribution >= 4 is 18.0 Å². The molecule has 1 heterocycles. The molecule has 0 bridgehead atoms. The summed E-state index contributed by atoms with van der Waals surface area (Å²) in [6.07, 6.45) is -1.96. The third kappa shape index (κ3) is 9.09. The van der Waals surface area contributed by atoms with Crippen molar-refractivity contribution in [2.45, 2.75) is 57.2 Å². The number of carboxylic acid groups (broad SMARTS) is 1. The Morgan fingerprint density at radius 2 is 1.88 bits per heavy atom. The zero-order valence-corrected chi connectivity index (χ0v) is 21.4. The highest BCUT2D eigenvalue weighted by Gasteiger charge is 2.41. The maximum Gasteiger partial charge on any atom is 0.417 e. The molecular weight excluding hydrogens is 544 g/mol. The summed E-state index contributed by atoms with van der Waals surface area (Å²) in [5, 5.41) is 16.1. The number of rotatable bonds is 9. The fourth-order valence-corrected chi connectivity index (χ4v) is 4.13. The lowest BCUT2D eigenvalue weighted by Gasteiger charge is -2.27. The number of carboxylic acids is 1. The first-order valence-electron chi connectivity index (χ1n) is 12.4. The highest BCUT2D eigenvalue weighted by atomic mass is 19.4. The molecule has 1 aliphatic heterocycles. The Kier molecular flexibility index (Phi) is 9.93. The van der Waals surface area contributed by atoms with Crippen molar-refractivity contribution in [2.24, 2.45) is 5.92 Å². The quantitative estimate of drug-likeness (QED) is 0.240. The van der Waals surface area contributed by atoms with E-state index in [0.29, 0.717) is 31.4 Å². The van der Waals surface area contributed by atoms with Crippen LogP contribution in [-0.4, -0.2) is 48.2 Å². The Bertz CT molecular complexity index is 1190. The largest absolute Gasteiger partial charge is 0.480 e. The number of dihydropyridines is 1. The average Bonchev–Trinajstić information content (AvgIpc) is 2.87. The Labute approximate surface area is 226 Å². The van der Waals surface area contributed by atoms with Gasteiger partial charge in [-0.05, 0) is 62.5 Å². The van der Waals surface area contributed by atoms with E-state index in [0.717, 1.165) is 36.5 Å². The van der Waals surface area contributed by atoms with Gasteiger partial charge >= 0.3 is 18.3 Å². The molecule has 1 aliphatic carbocycles. The van der Waals surface area contributed by atoms with Crippen LogP contribution in [-0.2, 0) is 9.59 Å². The minimum Gasteiger partial charge on any atom is -0.480 e. The summed E-state index contributed by atoms with van der Waals surface area (Å²) >= 11 is 0. The van der Waals surface area contributed by atoms with Crippen LogP contribution in [0, 0.1) is 5.92 Å². The number of halogens is 6. The highest BCUT2D eigenvalue weighted by molar-refractivity contribution is 5.94. The van der Waals surface area contributed by atoms with Gasteiger partial charge in [0.2, 0.25) is 5.91 Å². The Morgan fingerprint density at radius 3 is 2.45 bits per heavy atom. The summed E-state index contributed by atoms with van der Waals surface area (Å²) in [5.74, 6) is -3.84. The molecule has 13 heteroatoms. The summed E-state index contributed by atoms with van der Waals surface area (Å²) < 4.78 is 83.7. The van der Waals surface area contributed by atoms with Gasteiger partial charge in [0.05, 0.1) is 11.5 Å². The molecule has 2 unspecified atom stereocenters. The number of alkyl halides is 6. The summed E-state index contributed by atoms with van der Waals surface area (Å²) in [5.41, 5.74) is 0.447. The first kappa shape index (κ1) is 30.6. The summed E-state index contributed by atoms with van der Waals surface area (Å²) in [6, 6.07) is 6.62. The van der Waals surface area contributed by atoms with E-state index in [1.54, 1.807) is 18.2 Å². The van der Waals surface area contributed by atoms with E-state index in [9.17, 15) is 35.9 Å². The molecule has 3 rings (SSSR count). The van der Waals surface area contributed by atoms with Gasteiger partial charge in [-0.25, -0.2) is 0 Å². The molecule has 4 N–H and O–H groups in total. The van der Waals surface area contributed by atoms with Gasteiger partial charge in [-0.3, -0.25) is 9.59 Å². The predicted molar refractivity (Wildman–Crippen MR) is 135 cm³/mol. The minimum absolute atomic E-state index is 0.360. The van der Waals surface area contributed by atoms with Gasteiger partial charge in [0.15, 0.2) is 6.23 Å². The van der Waals surface area contributed by atoms with E-state index in [4.69, 9.17) is 9.84 Å². The third-order valence-corrected chi connectivity index (χ3v) is 6.37. The van der Waals surface area contributed by atoms with Gasteiger partial charge in [0.25, 0.3) is 0 Å². The van der Waals surface area contributed by atoms with Crippen LogP contribution in [0.25, 0.3) is 6.08 Å². The number of allylic oxidation sites excluding steroid dienone is 3. The van der Waals surface area contributed by atoms with Gasteiger partial charge in [0, 0.05) is 24.0 Å². The van der Waals surface area contributed by atoms with Crippen molar-refractivity contribution in [2.75, 3.05) is 6.54 Å². The smallest absolute Gasteiger partial charge is 0.417 e. The van der Waals surface area contributed by atoms with Crippen molar-refractivity contribution in [3.8, 4) is 5.75 Å². The molecule has 0 saturated heterocycles. The normalized spacial score (nSPS) is 20.6. The molecule has 0 aromatic heterocycles. The van der Waals surface area contributed by atoms with Crippen LogP contribution in [0.4, 0.5) is 26.3 Å². The first-order valence-corrected chi connectivity index (χ1v) is 12.4. The lowest BCUT2D eigenvalue weighted by atomic mass is 9.89. The summed E-state index contributed by atoms with van der Waals surface area (Å²) in [7, 11) is 0. The molecule has 2 aliphatic rings. The number of carbonyl (C=O) groups is 2.